The fourth-order valence-electron chi connectivity index (χ4n) is 4.37. The summed E-state index contributed by atoms with van der Waals surface area (Å²) in [5.41, 5.74) is 1.75. The molecule has 2 heterocycles. The summed E-state index contributed by atoms with van der Waals surface area (Å²) in [4.78, 5) is 66.9. The summed E-state index contributed by atoms with van der Waals surface area (Å²) in [6, 6.07) is -0.724. The van der Waals surface area contributed by atoms with Gasteiger partial charge in [-0.05, 0) is 55.4 Å². The molecule has 0 saturated carbocycles. The lowest BCUT2D eigenvalue weighted by atomic mass is 9.79. The molecule has 2 unspecified atom stereocenters. The van der Waals surface area contributed by atoms with Gasteiger partial charge in [-0.2, -0.15) is 0 Å². The molecule has 2 atom stereocenters. The van der Waals surface area contributed by atoms with Crippen LogP contribution in [0.15, 0.2) is 11.3 Å². The van der Waals surface area contributed by atoms with Gasteiger partial charge in [-0.3, -0.25) is 20.1 Å². The molecule has 0 aromatic heterocycles. The largest absolute Gasteiger partial charge is 0.466 e. The zero-order chi connectivity index (χ0) is 28.0. The summed E-state index contributed by atoms with van der Waals surface area (Å²) in [6.07, 6.45) is -1.82. The minimum absolute atomic E-state index is 0.0667. The topological polar surface area (TPSA) is 159 Å². The van der Waals surface area contributed by atoms with Crippen LogP contribution in [0.4, 0.5) is 14.4 Å². The summed E-state index contributed by atoms with van der Waals surface area (Å²) >= 11 is 0. The van der Waals surface area contributed by atoms with Gasteiger partial charge in [0.2, 0.25) is 0 Å². The fraction of sp³-hybridized carbons (Fsp3) is 0.682. The molecule has 1 saturated heterocycles. The standard InChI is InChI=1S/C22H36N6O8/c1-12-13(14(29)34-11)22(15(30)26(9)18(33)27(22)10)21(8,25-23-16(31)35-19(2,3)4)28(12)24-17(32)36-20(5,6)7/h25H,1-11H3,(H,23,31)(H,24,32). The molecule has 0 bridgehead atoms. The molecule has 5 amide bonds. The van der Waals surface area contributed by atoms with Crippen molar-refractivity contribution in [2.45, 2.75) is 77.8 Å². The predicted octanol–water partition coefficient (Wildman–Crippen LogP) is 1.20. The Balaban J connectivity index is 2.72. The van der Waals surface area contributed by atoms with Gasteiger partial charge >= 0.3 is 24.2 Å². The van der Waals surface area contributed by atoms with E-state index in [-0.39, 0.29) is 11.3 Å². The van der Waals surface area contributed by atoms with E-state index >= 15 is 0 Å². The van der Waals surface area contributed by atoms with Crippen molar-refractivity contribution in [1.29, 1.82) is 0 Å². The number of amides is 5. The quantitative estimate of drug-likeness (QED) is 0.216. The van der Waals surface area contributed by atoms with Crippen molar-refractivity contribution < 1.29 is 38.2 Å². The van der Waals surface area contributed by atoms with Crippen LogP contribution in [0.25, 0.3) is 0 Å². The van der Waals surface area contributed by atoms with Gasteiger partial charge in [0.25, 0.3) is 5.91 Å². The van der Waals surface area contributed by atoms with Crippen LogP contribution in [-0.4, -0.2) is 88.5 Å². The first-order valence-electron chi connectivity index (χ1n) is 11.2. The Morgan fingerprint density at radius 2 is 1.42 bits per heavy atom. The first-order valence-corrected chi connectivity index (χ1v) is 11.2. The highest BCUT2D eigenvalue weighted by Gasteiger charge is 2.75. The number of esters is 1. The number of likely N-dealkylation sites (N-methyl/N-ethyl adjacent to an activating group) is 2. The van der Waals surface area contributed by atoms with E-state index < -0.39 is 52.5 Å². The highest BCUT2D eigenvalue weighted by Crippen LogP contribution is 2.50. The highest BCUT2D eigenvalue weighted by atomic mass is 16.6. The van der Waals surface area contributed by atoms with E-state index in [4.69, 9.17) is 14.2 Å². The number of urea groups is 1. The summed E-state index contributed by atoms with van der Waals surface area (Å²) in [6.45, 7) is 12.8. The second-order valence-corrected chi connectivity index (χ2v) is 10.6. The third kappa shape index (κ3) is 4.64. The van der Waals surface area contributed by atoms with Crippen molar-refractivity contribution in [3.63, 3.8) is 0 Å². The highest BCUT2D eigenvalue weighted by molar-refractivity contribution is 6.15. The minimum atomic E-state index is -2.08. The van der Waals surface area contributed by atoms with Crippen LogP contribution in [-0.2, 0) is 23.8 Å². The van der Waals surface area contributed by atoms with Crippen molar-refractivity contribution in [3.8, 4) is 0 Å². The van der Waals surface area contributed by atoms with Crippen molar-refractivity contribution in [1.82, 2.24) is 31.1 Å². The maximum absolute atomic E-state index is 13.7. The number of nitrogens with zero attached hydrogens (tertiary/aromatic N) is 3. The first-order chi connectivity index (χ1) is 16.2. The molecule has 0 aromatic rings. The van der Waals surface area contributed by atoms with E-state index in [9.17, 15) is 24.0 Å². The average Bonchev–Trinajstić information content (AvgIpc) is 3.01. The van der Waals surface area contributed by atoms with Crippen LogP contribution >= 0.6 is 0 Å². The number of imide groups is 1. The number of rotatable bonds is 4. The first kappa shape index (κ1) is 28.7. The predicted molar refractivity (Wildman–Crippen MR) is 125 cm³/mol. The third-order valence-corrected chi connectivity index (χ3v) is 5.70. The number of carbonyl (C=O) groups excluding carboxylic acids is 5. The van der Waals surface area contributed by atoms with E-state index in [1.165, 1.54) is 27.9 Å². The zero-order valence-electron chi connectivity index (χ0n) is 22.6. The Labute approximate surface area is 210 Å². The van der Waals surface area contributed by atoms with Gasteiger partial charge in [0.15, 0.2) is 11.2 Å². The lowest BCUT2D eigenvalue weighted by molar-refractivity contribution is -0.145. The second kappa shape index (κ2) is 9.15. The van der Waals surface area contributed by atoms with E-state index in [0.717, 1.165) is 21.9 Å². The molecule has 0 aromatic carbocycles. The molecule has 1 spiro atoms. The monoisotopic (exact) mass is 512 g/mol. The maximum Gasteiger partial charge on any atom is 0.426 e. The van der Waals surface area contributed by atoms with Crippen LogP contribution in [0.3, 0.4) is 0 Å². The van der Waals surface area contributed by atoms with E-state index in [0.29, 0.717) is 0 Å². The van der Waals surface area contributed by atoms with Crippen molar-refractivity contribution in [2.24, 2.45) is 0 Å². The Morgan fingerprint density at radius 1 is 0.917 bits per heavy atom. The fourth-order valence-corrected chi connectivity index (χ4v) is 4.37. The Morgan fingerprint density at radius 3 is 1.83 bits per heavy atom. The molecule has 2 aliphatic heterocycles. The molecule has 36 heavy (non-hydrogen) atoms. The van der Waals surface area contributed by atoms with E-state index in [1.54, 1.807) is 41.5 Å². The molecule has 0 aliphatic carbocycles. The number of ether oxygens (including phenoxy) is 3. The lowest BCUT2D eigenvalue weighted by Crippen LogP contribution is -2.78. The number of hydrazine groups is 2. The van der Waals surface area contributed by atoms with Crippen LogP contribution < -0.4 is 16.3 Å². The molecule has 3 N–H and O–H groups in total. The molecule has 14 nitrogen and oxygen atoms in total. The Kier molecular flexibility index (Phi) is 7.29. The molecule has 1 fully saturated rings. The van der Waals surface area contributed by atoms with Gasteiger partial charge in [-0.15, -0.1) is 0 Å². The summed E-state index contributed by atoms with van der Waals surface area (Å²) in [5.74, 6) is -1.72. The van der Waals surface area contributed by atoms with Gasteiger partial charge in [-0.25, -0.2) is 30.0 Å². The lowest BCUT2D eigenvalue weighted by Gasteiger charge is -2.47. The second-order valence-electron chi connectivity index (χ2n) is 10.6. The Hall–Kier alpha value is -3.55. The van der Waals surface area contributed by atoms with Crippen LogP contribution in [0.2, 0.25) is 0 Å². The van der Waals surface area contributed by atoms with Gasteiger partial charge < -0.3 is 19.1 Å². The van der Waals surface area contributed by atoms with Crippen LogP contribution in [0, 0.1) is 0 Å². The smallest absolute Gasteiger partial charge is 0.426 e. The number of carbonyl (C=O) groups is 5. The minimum Gasteiger partial charge on any atom is -0.466 e. The number of hydrogen-bond acceptors (Lipinski definition) is 10. The molecular formula is C22H36N6O8. The van der Waals surface area contributed by atoms with E-state index in [1.807, 2.05) is 0 Å². The van der Waals surface area contributed by atoms with Gasteiger partial charge in [0.05, 0.1) is 12.7 Å². The number of methoxy groups -OCH3 is 1. The molecule has 14 heteroatoms. The average molecular weight is 513 g/mol. The molecular weight excluding hydrogens is 476 g/mol. The Bertz CT molecular complexity index is 1010. The van der Waals surface area contributed by atoms with E-state index in [2.05, 4.69) is 16.3 Å². The van der Waals surface area contributed by atoms with Crippen molar-refractivity contribution in [3.05, 3.63) is 11.3 Å². The number of nitrogens with one attached hydrogen (secondary N) is 3. The number of hydrogen-bond donors (Lipinski definition) is 3. The summed E-state index contributed by atoms with van der Waals surface area (Å²) in [5, 5.41) is 1.14. The van der Waals surface area contributed by atoms with Crippen LogP contribution in [0.1, 0.15) is 55.4 Å². The molecule has 0 radical (unpaired) electrons. The molecule has 2 rings (SSSR count). The number of allylic oxidation sites excluding steroid dienone is 1. The van der Waals surface area contributed by atoms with Crippen LogP contribution in [0.5, 0.6) is 0 Å². The zero-order valence-corrected chi connectivity index (χ0v) is 22.6. The molecule has 202 valence electrons. The normalized spacial score (nSPS) is 24.5. The molecule has 2 aliphatic rings. The van der Waals surface area contributed by atoms with Gasteiger partial charge in [0, 0.05) is 19.8 Å². The summed E-state index contributed by atoms with van der Waals surface area (Å²) in [7, 11) is 3.70. The SMILES string of the molecule is COC(=O)C1=C(C)N(NC(=O)OC(C)(C)C)C(C)(NNC(=O)OC(C)(C)C)C12C(=O)N(C)C(=O)N2C. The summed E-state index contributed by atoms with van der Waals surface area (Å²) < 4.78 is 15.6. The maximum atomic E-state index is 13.7. The van der Waals surface area contributed by atoms with Gasteiger partial charge in [-0.1, -0.05) is 0 Å². The van der Waals surface area contributed by atoms with Crippen molar-refractivity contribution >= 4 is 30.1 Å². The van der Waals surface area contributed by atoms with Gasteiger partial charge in [0.1, 0.15) is 11.2 Å². The third-order valence-electron chi connectivity index (χ3n) is 5.70. The van der Waals surface area contributed by atoms with Crippen molar-refractivity contribution in [2.75, 3.05) is 21.2 Å².